The molecule has 0 radical (unpaired) electrons. The van der Waals surface area contributed by atoms with Gasteiger partial charge >= 0.3 is 0 Å². The largest absolute Gasteiger partial charge is 0.374 e. The van der Waals surface area contributed by atoms with Crippen molar-refractivity contribution in [3.05, 3.63) is 192 Å². The van der Waals surface area contributed by atoms with Gasteiger partial charge in [-0.05, 0) is 78.2 Å². The van der Waals surface area contributed by atoms with Crippen molar-refractivity contribution in [2.24, 2.45) is 0 Å². The molecule has 0 saturated carbocycles. The van der Waals surface area contributed by atoms with E-state index in [-0.39, 0.29) is 12.1 Å². The van der Waals surface area contributed by atoms with Gasteiger partial charge in [-0.25, -0.2) is 0 Å². The zero-order valence-corrected chi connectivity index (χ0v) is 26.3. The molecule has 2 nitrogen and oxygen atoms in total. The molecule has 0 amide bonds. The molecule has 0 heterocycles. The lowest BCUT2D eigenvalue weighted by Crippen LogP contribution is -2.12. The van der Waals surface area contributed by atoms with Gasteiger partial charge in [0.15, 0.2) is 0 Å². The summed E-state index contributed by atoms with van der Waals surface area (Å²) < 4.78 is 0. The highest BCUT2D eigenvalue weighted by Crippen LogP contribution is 2.51. The Bertz CT molecular complexity index is 2280. The van der Waals surface area contributed by atoms with Crippen molar-refractivity contribution in [3.8, 4) is 33.4 Å². The van der Waals surface area contributed by atoms with Crippen molar-refractivity contribution < 1.29 is 0 Å². The van der Waals surface area contributed by atoms with Crippen LogP contribution in [0.15, 0.2) is 170 Å². The van der Waals surface area contributed by atoms with Crippen molar-refractivity contribution in [2.75, 3.05) is 10.6 Å². The van der Waals surface area contributed by atoms with E-state index < -0.39 is 0 Å². The molecule has 226 valence electrons. The molecular weight excluding hydrogens is 581 g/mol. The number of nitrogens with one attached hydrogen (secondary N) is 2. The molecule has 0 bridgehead atoms. The molecule has 0 aliphatic heterocycles. The minimum Gasteiger partial charge on any atom is -0.374 e. The first-order chi connectivity index (χ1) is 23.8. The van der Waals surface area contributed by atoms with E-state index in [0.29, 0.717) is 0 Å². The van der Waals surface area contributed by atoms with Crippen LogP contribution < -0.4 is 10.6 Å². The Morgan fingerprint density at radius 3 is 0.979 bits per heavy atom. The van der Waals surface area contributed by atoms with Crippen molar-refractivity contribution in [1.29, 1.82) is 0 Å². The van der Waals surface area contributed by atoms with E-state index in [4.69, 9.17) is 0 Å². The van der Waals surface area contributed by atoms with Crippen molar-refractivity contribution >= 4 is 32.9 Å². The summed E-state index contributed by atoms with van der Waals surface area (Å²) in [7, 11) is 0. The first-order valence-electron chi connectivity index (χ1n) is 16.8. The maximum Gasteiger partial charge on any atom is 0.0779 e. The average molecular weight is 613 g/mol. The van der Waals surface area contributed by atoms with E-state index in [1.54, 1.807) is 0 Å². The van der Waals surface area contributed by atoms with E-state index in [2.05, 4.69) is 180 Å². The summed E-state index contributed by atoms with van der Waals surface area (Å²) in [5, 5.41) is 13.1. The zero-order chi connectivity index (χ0) is 31.6. The highest BCUT2D eigenvalue weighted by atomic mass is 14.9. The topological polar surface area (TPSA) is 24.1 Å². The van der Waals surface area contributed by atoms with Gasteiger partial charge in [0.05, 0.1) is 12.1 Å². The maximum absolute atomic E-state index is 4.10. The van der Waals surface area contributed by atoms with Gasteiger partial charge in [-0.3, -0.25) is 0 Å². The van der Waals surface area contributed by atoms with Crippen LogP contribution in [0.2, 0.25) is 0 Å². The Kier molecular flexibility index (Phi) is 6.04. The molecule has 0 atom stereocenters. The molecule has 8 aromatic carbocycles. The molecule has 0 unspecified atom stereocenters. The van der Waals surface area contributed by atoms with Crippen molar-refractivity contribution in [2.45, 2.75) is 12.1 Å². The first-order valence-corrected chi connectivity index (χ1v) is 16.8. The van der Waals surface area contributed by atoms with Crippen LogP contribution in [-0.4, -0.2) is 0 Å². The molecule has 2 aliphatic carbocycles. The molecule has 2 heteroatoms. The fourth-order valence-electron chi connectivity index (χ4n) is 8.26. The SMILES string of the molecule is c1ccc2c(c1)-c1ccccc1C2Nc1ccc2ccccc2c1-c1c(NC2c3ccccc3-c3ccccc32)ccc2ccccc12. The number of benzene rings is 8. The van der Waals surface area contributed by atoms with Gasteiger partial charge in [-0.15, -0.1) is 0 Å². The van der Waals surface area contributed by atoms with Crippen molar-refractivity contribution in [3.63, 3.8) is 0 Å². The van der Waals surface area contributed by atoms with E-state index >= 15 is 0 Å². The summed E-state index contributed by atoms with van der Waals surface area (Å²) in [6.45, 7) is 0. The lowest BCUT2D eigenvalue weighted by molar-refractivity contribution is 0.972. The monoisotopic (exact) mass is 612 g/mol. The fraction of sp³-hybridized carbons (Fsp3) is 0.0435. The average Bonchev–Trinajstić information content (AvgIpc) is 3.64. The van der Waals surface area contributed by atoms with Crippen LogP contribution in [-0.2, 0) is 0 Å². The molecule has 2 N–H and O–H groups in total. The minimum atomic E-state index is 0.0392. The standard InChI is InChI=1S/C46H32N2/c1-3-15-31-29(13-1)25-27-41(47-45-37-21-9-5-17-33(37)34-18-6-10-22-38(34)45)43(31)44-32-16-4-2-14-30(32)26-28-42(44)48-46-39-23-11-7-19-35(39)36-20-8-12-24-40(36)46/h1-28,45-48H. The van der Waals surface area contributed by atoms with Gasteiger partial charge in [0.25, 0.3) is 0 Å². The van der Waals surface area contributed by atoms with Gasteiger partial charge in [-0.1, -0.05) is 158 Å². The van der Waals surface area contributed by atoms with Crippen molar-refractivity contribution in [1.82, 2.24) is 0 Å². The van der Waals surface area contributed by atoms with Gasteiger partial charge in [0.1, 0.15) is 0 Å². The molecule has 48 heavy (non-hydrogen) atoms. The molecule has 0 aromatic heterocycles. The normalized spacial score (nSPS) is 13.2. The van der Waals surface area contributed by atoms with E-state index in [1.807, 2.05) is 0 Å². The van der Waals surface area contributed by atoms with Crippen LogP contribution in [0.25, 0.3) is 54.9 Å². The minimum absolute atomic E-state index is 0.0392. The summed E-state index contributed by atoms with van der Waals surface area (Å²) in [6.07, 6.45) is 0. The Labute approximate surface area is 280 Å². The second kappa shape index (κ2) is 10.7. The number of fused-ring (bicyclic) bond motifs is 8. The van der Waals surface area contributed by atoms with Crippen LogP contribution in [0.5, 0.6) is 0 Å². The molecule has 0 saturated heterocycles. The van der Waals surface area contributed by atoms with Gasteiger partial charge in [0.2, 0.25) is 0 Å². The Morgan fingerprint density at radius 1 is 0.292 bits per heavy atom. The van der Waals surface area contributed by atoms with E-state index in [0.717, 1.165) is 11.4 Å². The summed E-state index contributed by atoms with van der Waals surface area (Å²) in [5.41, 5.74) is 15.1. The Balaban J connectivity index is 1.21. The van der Waals surface area contributed by atoms with Crippen LogP contribution in [0.1, 0.15) is 34.3 Å². The summed E-state index contributed by atoms with van der Waals surface area (Å²) >= 11 is 0. The maximum atomic E-state index is 4.10. The molecular formula is C46H32N2. The van der Waals surface area contributed by atoms with Crippen LogP contribution in [0, 0.1) is 0 Å². The Hall–Kier alpha value is -6.12. The molecule has 0 spiro atoms. The number of rotatable bonds is 5. The summed E-state index contributed by atoms with van der Waals surface area (Å²) in [6, 6.07) is 62.1. The highest BCUT2D eigenvalue weighted by Gasteiger charge is 2.31. The predicted octanol–water partition coefficient (Wildman–Crippen LogP) is 12.0. The number of anilines is 2. The van der Waals surface area contributed by atoms with Crippen LogP contribution >= 0.6 is 0 Å². The predicted molar refractivity (Wildman–Crippen MR) is 202 cm³/mol. The molecule has 0 fully saturated rings. The third kappa shape index (κ3) is 4.06. The quantitative estimate of drug-likeness (QED) is 0.202. The van der Waals surface area contributed by atoms with E-state index in [9.17, 15) is 0 Å². The van der Waals surface area contributed by atoms with E-state index in [1.165, 1.54) is 77.2 Å². The smallest absolute Gasteiger partial charge is 0.0779 e. The first kappa shape index (κ1) is 27.0. The van der Waals surface area contributed by atoms with Crippen LogP contribution in [0.3, 0.4) is 0 Å². The number of hydrogen-bond donors (Lipinski definition) is 2. The molecule has 2 aliphatic rings. The second-order valence-corrected chi connectivity index (χ2v) is 12.9. The fourth-order valence-corrected chi connectivity index (χ4v) is 8.26. The number of hydrogen-bond acceptors (Lipinski definition) is 2. The molecule has 10 rings (SSSR count). The van der Waals surface area contributed by atoms with Gasteiger partial charge in [0, 0.05) is 22.5 Å². The second-order valence-electron chi connectivity index (χ2n) is 12.9. The lowest BCUT2D eigenvalue weighted by atomic mass is 9.90. The summed E-state index contributed by atoms with van der Waals surface area (Å²) in [4.78, 5) is 0. The lowest BCUT2D eigenvalue weighted by Gasteiger charge is -2.25. The highest BCUT2D eigenvalue weighted by molar-refractivity contribution is 6.14. The third-order valence-electron chi connectivity index (χ3n) is 10.4. The van der Waals surface area contributed by atoms with Gasteiger partial charge < -0.3 is 10.6 Å². The van der Waals surface area contributed by atoms with Crippen LogP contribution in [0.4, 0.5) is 11.4 Å². The van der Waals surface area contributed by atoms with Gasteiger partial charge in [-0.2, -0.15) is 0 Å². The molecule has 8 aromatic rings. The zero-order valence-electron chi connectivity index (χ0n) is 26.3. The summed E-state index contributed by atoms with van der Waals surface area (Å²) in [5.74, 6) is 0. The third-order valence-corrected chi connectivity index (χ3v) is 10.4. The Morgan fingerprint density at radius 2 is 0.604 bits per heavy atom.